The van der Waals surface area contributed by atoms with Gasteiger partial charge in [-0.15, -0.1) is 0 Å². The minimum absolute atomic E-state index is 0.0232. The Morgan fingerprint density at radius 2 is 1.84 bits per heavy atom. The highest BCUT2D eigenvalue weighted by atomic mass is 35.5. The summed E-state index contributed by atoms with van der Waals surface area (Å²) >= 11 is 5.90. The fourth-order valence-corrected chi connectivity index (χ4v) is 3.59. The minimum atomic E-state index is -4.55. The lowest BCUT2D eigenvalue weighted by Gasteiger charge is -2.33. The number of rotatable bonds is 7. The molecule has 1 fully saturated rings. The molecule has 1 aliphatic heterocycles. The molecule has 32 heavy (non-hydrogen) atoms. The van der Waals surface area contributed by atoms with Crippen molar-refractivity contribution < 1.29 is 22.8 Å². The van der Waals surface area contributed by atoms with Crippen LogP contribution in [0.4, 0.5) is 13.2 Å². The highest BCUT2D eigenvalue weighted by Gasteiger charge is 2.31. The van der Waals surface area contributed by atoms with Crippen molar-refractivity contribution in [2.75, 3.05) is 19.6 Å². The van der Waals surface area contributed by atoms with Crippen molar-refractivity contribution in [3.63, 3.8) is 0 Å². The Balaban J connectivity index is 1.50. The van der Waals surface area contributed by atoms with Gasteiger partial charge in [0.1, 0.15) is 0 Å². The number of carbonyl (C=O) groups excluding carboxylic acids is 2. The van der Waals surface area contributed by atoms with E-state index in [0.717, 1.165) is 36.7 Å². The molecule has 10 heteroatoms. The maximum absolute atomic E-state index is 12.8. The van der Waals surface area contributed by atoms with Gasteiger partial charge < -0.3 is 21.3 Å². The lowest BCUT2D eigenvalue weighted by Crippen LogP contribution is -2.59. The average molecular weight is 469 g/mol. The molecular weight excluding hydrogens is 445 g/mol. The molecule has 0 bridgehead atoms. The van der Waals surface area contributed by atoms with Gasteiger partial charge in [-0.05, 0) is 48.9 Å². The summed E-state index contributed by atoms with van der Waals surface area (Å²) in [5, 5.41) is 12.6. The molecule has 2 amide bonds. The third-order valence-electron chi connectivity index (χ3n) is 5.17. The topological polar surface area (TPSA) is 82.3 Å². The Bertz CT molecular complexity index is 938. The third-order valence-corrected chi connectivity index (χ3v) is 5.42. The van der Waals surface area contributed by atoms with Gasteiger partial charge in [0.05, 0.1) is 18.2 Å². The Kier molecular flexibility index (Phi) is 8.11. The second-order valence-corrected chi connectivity index (χ2v) is 7.98. The number of piperidine rings is 1. The Morgan fingerprint density at radius 1 is 1.09 bits per heavy atom. The third kappa shape index (κ3) is 6.94. The molecule has 0 unspecified atom stereocenters. The predicted octanol–water partition coefficient (Wildman–Crippen LogP) is 2.73. The van der Waals surface area contributed by atoms with Crippen LogP contribution in [-0.2, 0) is 17.5 Å². The van der Waals surface area contributed by atoms with E-state index in [1.807, 2.05) is 24.3 Å². The maximum Gasteiger partial charge on any atom is 0.416 e. The summed E-state index contributed by atoms with van der Waals surface area (Å²) in [6, 6.07) is 11.4. The van der Waals surface area contributed by atoms with Crippen LogP contribution < -0.4 is 21.3 Å². The van der Waals surface area contributed by atoms with Gasteiger partial charge in [-0.3, -0.25) is 9.59 Å². The van der Waals surface area contributed by atoms with E-state index >= 15 is 0 Å². The van der Waals surface area contributed by atoms with Gasteiger partial charge in [-0.1, -0.05) is 29.8 Å². The first-order valence-electron chi connectivity index (χ1n) is 10.2. The molecule has 1 saturated heterocycles. The molecule has 2 aromatic rings. The molecule has 0 aromatic heterocycles. The van der Waals surface area contributed by atoms with Crippen LogP contribution in [0.25, 0.3) is 0 Å². The van der Waals surface area contributed by atoms with E-state index in [1.165, 1.54) is 6.07 Å². The summed E-state index contributed by atoms with van der Waals surface area (Å²) in [5.41, 5.74) is -0.0155. The second kappa shape index (κ2) is 10.8. The largest absolute Gasteiger partial charge is 0.416 e. The van der Waals surface area contributed by atoms with Crippen LogP contribution >= 0.6 is 11.6 Å². The Hall–Kier alpha value is -2.62. The molecule has 0 spiro atoms. The van der Waals surface area contributed by atoms with Crippen LogP contribution in [0.15, 0.2) is 48.5 Å². The van der Waals surface area contributed by atoms with Crippen LogP contribution in [0.5, 0.6) is 0 Å². The van der Waals surface area contributed by atoms with E-state index in [0.29, 0.717) is 18.1 Å². The second-order valence-electron chi connectivity index (χ2n) is 7.54. The van der Waals surface area contributed by atoms with Crippen molar-refractivity contribution in [3.8, 4) is 0 Å². The van der Waals surface area contributed by atoms with Crippen LogP contribution in [-0.4, -0.2) is 43.5 Å². The van der Waals surface area contributed by atoms with Crippen molar-refractivity contribution in [1.29, 1.82) is 0 Å². The zero-order chi connectivity index (χ0) is 23.1. The molecule has 1 heterocycles. The highest BCUT2D eigenvalue weighted by Crippen LogP contribution is 2.29. The van der Waals surface area contributed by atoms with Crippen molar-refractivity contribution in [2.24, 2.45) is 0 Å². The number of halogens is 4. The zero-order valence-corrected chi connectivity index (χ0v) is 17.9. The summed E-state index contributed by atoms with van der Waals surface area (Å²) in [5.74, 6) is -1.16. The van der Waals surface area contributed by atoms with E-state index in [4.69, 9.17) is 11.6 Å². The van der Waals surface area contributed by atoms with Crippen molar-refractivity contribution in [3.05, 3.63) is 70.2 Å². The molecule has 1 aliphatic rings. The van der Waals surface area contributed by atoms with Crippen molar-refractivity contribution in [1.82, 2.24) is 21.3 Å². The summed E-state index contributed by atoms with van der Waals surface area (Å²) in [6.45, 7) is 1.64. The number of carbonyl (C=O) groups is 2. The van der Waals surface area contributed by atoms with Crippen LogP contribution in [0.1, 0.15) is 27.9 Å². The first-order valence-corrected chi connectivity index (χ1v) is 10.5. The predicted molar refractivity (Wildman–Crippen MR) is 115 cm³/mol. The summed E-state index contributed by atoms with van der Waals surface area (Å²) in [4.78, 5) is 24.5. The molecule has 0 aliphatic carbocycles. The smallest absolute Gasteiger partial charge is 0.349 e. The van der Waals surface area contributed by atoms with Gasteiger partial charge in [0.25, 0.3) is 5.91 Å². The fraction of sp³-hybridized carbons (Fsp3) is 0.364. The van der Waals surface area contributed by atoms with E-state index in [1.54, 1.807) is 0 Å². The van der Waals surface area contributed by atoms with E-state index in [-0.39, 0.29) is 24.2 Å². The van der Waals surface area contributed by atoms with Crippen molar-refractivity contribution >= 4 is 23.4 Å². The first kappa shape index (κ1) is 24.0. The first-order chi connectivity index (χ1) is 15.2. The van der Waals surface area contributed by atoms with Gasteiger partial charge >= 0.3 is 6.18 Å². The zero-order valence-electron chi connectivity index (χ0n) is 17.1. The quantitative estimate of drug-likeness (QED) is 0.503. The van der Waals surface area contributed by atoms with Gasteiger partial charge in [0.2, 0.25) is 5.91 Å². The standard InChI is InChI=1S/C22H24ClF3N4O2/c23-17-6-4-14(5-7-17)11-28-18-8-9-27-12-19(18)30-20(31)13-29-21(32)15-2-1-3-16(10-15)22(24,25)26/h1-7,10,18-19,27-28H,8-9,11-13H2,(H,29,32)(H,30,31)/t18-,19+/m0/s1. The molecule has 4 N–H and O–H groups in total. The lowest BCUT2D eigenvalue weighted by molar-refractivity contribution is -0.137. The summed E-state index contributed by atoms with van der Waals surface area (Å²) in [7, 11) is 0. The molecule has 0 radical (unpaired) electrons. The van der Waals surface area contributed by atoms with Gasteiger partial charge in [0.15, 0.2) is 0 Å². The minimum Gasteiger partial charge on any atom is -0.349 e. The number of benzene rings is 2. The number of hydrogen-bond donors (Lipinski definition) is 4. The highest BCUT2D eigenvalue weighted by molar-refractivity contribution is 6.30. The average Bonchev–Trinajstić information content (AvgIpc) is 2.77. The molecule has 172 valence electrons. The number of hydrogen-bond acceptors (Lipinski definition) is 4. The van der Waals surface area contributed by atoms with E-state index < -0.39 is 23.6 Å². The fourth-order valence-electron chi connectivity index (χ4n) is 3.46. The molecular formula is C22H24ClF3N4O2. The van der Waals surface area contributed by atoms with Crippen molar-refractivity contribution in [2.45, 2.75) is 31.2 Å². The molecule has 3 rings (SSSR count). The van der Waals surface area contributed by atoms with Gasteiger partial charge in [0, 0.05) is 29.7 Å². The monoisotopic (exact) mass is 468 g/mol. The maximum atomic E-state index is 12.8. The number of alkyl halides is 3. The number of amides is 2. The van der Waals surface area contributed by atoms with Gasteiger partial charge in [-0.25, -0.2) is 0 Å². The summed E-state index contributed by atoms with van der Waals surface area (Å²) < 4.78 is 38.5. The van der Waals surface area contributed by atoms with E-state index in [9.17, 15) is 22.8 Å². The molecule has 0 saturated carbocycles. The van der Waals surface area contributed by atoms with Crippen LogP contribution in [0.2, 0.25) is 5.02 Å². The molecule has 2 aromatic carbocycles. The normalized spacial score (nSPS) is 18.8. The summed E-state index contributed by atoms with van der Waals surface area (Å²) in [6.07, 6.45) is -3.75. The number of nitrogens with one attached hydrogen (secondary N) is 4. The molecule has 2 atom stereocenters. The van der Waals surface area contributed by atoms with Crippen LogP contribution in [0.3, 0.4) is 0 Å². The SMILES string of the molecule is O=C(CNC(=O)c1cccc(C(F)(F)F)c1)N[C@@H]1CNCC[C@@H]1NCc1ccc(Cl)cc1. The van der Waals surface area contributed by atoms with E-state index in [2.05, 4.69) is 21.3 Å². The Morgan fingerprint density at radius 3 is 2.56 bits per heavy atom. The Labute approximate surface area is 188 Å². The molecule has 6 nitrogen and oxygen atoms in total. The van der Waals surface area contributed by atoms with Gasteiger partial charge in [-0.2, -0.15) is 13.2 Å². The lowest BCUT2D eigenvalue weighted by atomic mass is 10.00. The van der Waals surface area contributed by atoms with Crippen LogP contribution in [0, 0.1) is 0 Å².